The number of anilines is 1. The molecule has 0 bridgehead atoms. The van der Waals surface area contributed by atoms with Crippen LogP contribution < -0.4 is 10.6 Å². The zero-order chi connectivity index (χ0) is 14.0. The minimum absolute atomic E-state index is 0.477. The molecule has 4 heteroatoms. The molecule has 1 aromatic rings. The molecule has 3 nitrogen and oxygen atoms in total. The number of rotatable bonds is 4. The highest BCUT2D eigenvalue weighted by Gasteiger charge is 2.23. The lowest BCUT2D eigenvalue weighted by atomic mass is 10.1. The molecule has 0 radical (unpaired) electrons. The van der Waals surface area contributed by atoms with Crippen LogP contribution >= 0.6 is 12.2 Å². The van der Waals surface area contributed by atoms with Gasteiger partial charge in [0.15, 0.2) is 0 Å². The van der Waals surface area contributed by atoms with Crippen LogP contribution in [0.25, 0.3) is 0 Å². The van der Waals surface area contributed by atoms with E-state index in [4.69, 9.17) is 18.0 Å². The van der Waals surface area contributed by atoms with E-state index in [0.29, 0.717) is 11.0 Å². The predicted octanol–water partition coefficient (Wildman–Crippen LogP) is 2.16. The number of hydrogen-bond acceptors (Lipinski definition) is 3. The molecule has 1 aliphatic rings. The Morgan fingerprint density at radius 1 is 1.53 bits per heavy atom. The topological polar surface area (TPSA) is 32.5 Å². The van der Waals surface area contributed by atoms with Crippen molar-refractivity contribution < 1.29 is 0 Å². The summed E-state index contributed by atoms with van der Waals surface area (Å²) in [6, 6.07) is 6.78. The van der Waals surface area contributed by atoms with E-state index in [0.717, 1.165) is 12.1 Å². The summed E-state index contributed by atoms with van der Waals surface area (Å²) in [5.41, 5.74) is 9.24. The number of nitrogens with two attached hydrogens (primary N) is 1. The summed E-state index contributed by atoms with van der Waals surface area (Å²) in [6.45, 7) is 4.34. The fourth-order valence-corrected chi connectivity index (χ4v) is 3.15. The predicted molar refractivity (Wildman–Crippen MR) is 86.0 cm³/mol. The Morgan fingerprint density at radius 3 is 2.84 bits per heavy atom. The second-order valence-corrected chi connectivity index (χ2v) is 5.93. The van der Waals surface area contributed by atoms with Crippen LogP contribution in [0.3, 0.4) is 0 Å². The van der Waals surface area contributed by atoms with Gasteiger partial charge in [-0.2, -0.15) is 0 Å². The first kappa shape index (κ1) is 14.3. The van der Waals surface area contributed by atoms with E-state index in [1.54, 1.807) is 0 Å². The number of nitrogens with zero attached hydrogens (tertiary/aromatic N) is 2. The van der Waals surface area contributed by atoms with Gasteiger partial charge in [0.25, 0.3) is 0 Å². The van der Waals surface area contributed by atoms with Gasteiger partial charge in [0.05, 0.1) is 0 Å². The number of hydrogen-bond donors (Lipinski definition) is 1. The second kappa shape index (κ2) is 5.88. The number of likely N-dealkylation sites (tertiary alicyclic amines) is 1. The molecule has 1 aromatic carbocycles. The van der Waals surface area contributed by atoms with E-state index in [1.165, 1.54) is 30.6 Å². The molecule has 2 N–H and O–H groups in total. The summed E-state index contributed by atoms with van der Waals surface area (Å²) in [5.74, 6) is 0. The average molecular weight is 277 g/mol. The molecule has 1 atom stereocenters. The van der Waals surface area contributed by atoms with Crippen molar-refractivity contribution in [3.8, 4) is 0 Å². The summed E-state index contributed by atoms with van der Waals surface area (Å²) in [5, 5.41) is 0. The van der Waals surface area contributed by atoms with Crippen molar-refractivity contribution in [2.24, 2.45) is 5.73 Å². The molecule has 2 rings (SSSR count). The SMILES string of the molecule is Cc1cccc(C(N)=S)c1N(C)CC1CCCN1C. The van der Waals surface area contributed by atoms with Crippen LogP contribution in [0.15, 0.2) is 18.2 Å². The van der Waals surface area contributed by atoms with Crippen molar-refractivity contribution in [1.82, 2.24) is 4.90 Å². The summed E-state index contributed by atoms with van der Waals surface area (Å²) in [6.07, 6.45) is 2.57. The van der Waals surface area contributed by atoms with Gasteiger partial charge in [0, 0.05) is 30.9 Å². The van der Waals surface area contributed by atoms with Crippen molar-refractivity contribution in [2.75, 3.05) is 32.1 Å². The summed E-state index contributed by atoms with van der Waals surface area (Å²) >= 11 is 5.18. The highest BCUT2D eigenvalue weighted by Crippen LogP contribution is 2.26. The third-order valence-electron chi connectivity index (χ3n) is 4.04. The van der Waals surface area contributed by atoms with Crippen LogP contribution in [0.4, 0.5) is 5.69 Å². The molecule has 0 spiro atoms. The largest absolute Gasteiger partial charge is 0.389 e. The third-order valence-corrected chi connectivity index (χ3v) is 4.26. The number of likely N-dealkylation sites (N-methyl/N-ethyl adjacent to an activating group) is 2. The maximum absolute atomic E-state index is 5.85. The van der Waals surface area contributed by atoms with Gasteiger partial charge < -0.3 is 15.5 Å². The van der Waals surface area contributed by atoms with Crippen molar-refractivity contribution in [3.63, 3.8) is 0 Å². The lowest BCUT2D eigenvalue weighted by molar-refractivity contribution is 0.314. The Bertz CT molecular complexity index is 472. The summed E-state index contributed by atoms with van der Waals surface area (Å²) < 4.78 is 0. The molecule has 0 aliphatic carbocycles. The van der Waals surface area contributed by atoms with Crippen LogP contribution in [0.2, 0.25) is 0 Å². The molecule has 0 amide bonds. The van der Waals surface area contributed by atoms with E-state index >= 15 is 0 Å². The molecule has 1 fully saturated rings. The summed E-state index contributed by atoms with van der Waals surface area (Å²) in [4.78, 5) is 5.22. The van der Waals surface area contributed by atoms with Crippen molar-refractivity contribution in [2.45, 2.75) is 25.8 Å². The smallest absolute Gasteiger partial charge is 0.106 e. The Kier molecular flexibility index (Phi) is 4.42. The maximum atomic E-state index is 5.85. The average Bonchev–Trinajstić information content (AvgIpc) is 2.74. The first-order valence-electron chi connectivity index (χ1n) is 6.81. The number of thiocarbonyl (C=S) groups is 1. The zero-order valence-electron chi connectivity index (χ0n) is 12.0. The Morgan fingerprint density at radius 2 is 2.26 bits per heavy atom. The normalized spacial score (nSPS) is 19.6. The Labute approximate surface area is 121 Å². The standard InChI is InChI=1S/C15H23N3S/c1-11-6-4-8-13(15(16)19)14(11)18(3)10-12-7-5-9-17(12)2/h4,6,8,12H,5,7,9-10H2,1-3H3,(H2,16,19). The Balaban J connectivity index is 2.23. The highest BCUT2D eigenvalue weighted by atomic mass is 32.1. The van der Waals surface area contributed by atoms with Gasteiger partial charge >= 0.3 is 0 Å². The highest BCUT2D eigenvalue weighted by molar-refractivity contribution is 7.80. The van der Waals surface area contributed by atoms with E-state index in [-0.39, 0.29) is 0 Å². The third kappa shape index (κ3) is 3.07. The van der Waals surface area contributed by atoms with E-state index in [9.17, 15) is 0 Å². The van der Waals surface area contributed by atoms with Crippen LogP contribution in [-0.4, -0.2) is 43.1 Å². The van der Waals surface area contributed by atoms with Crippen molar-refractivity contribution >= 4 is 22.9 Å². The van der Waals surface area contributed by atoms with Gasteiger partial charge in [-0.05, 0) is 45.0 Å². The van der Waals surface area contributed by atoms with Gasteiger partial charge in [-0.3, -0.25) is 0 Å². The number of benzene rings is 1. The zero-order valence-corrected chi connectivity index (χ0v) is 12.8. The first-order chi connectivity index (χ1) is 9.00. The molecule has 104 valence electrons. The lowest BCUT2D eigenvalue weighted by Crippen LogP contribution is -2.37. The molecule has 0 saturated carbocycles. The monoisotopic (exact) mass is 277 g/mol. The molecule has 1 unspecified atom stereocenters. The van der Waals surface area contributed by atoms with Crippen LogP contribution in [0, 0.1) is 6.92 Å². The van der Waals surface area contributed by atoms with Gasteiger partial charge in [-0.15, -0.1) is 0 Å². The molecule has 19 heavy (non-hydrogen) atoms. The van der Waals surface area contributed by atoms with Crippen LogP contribution in [0.5, 0.6) is 0 Å². The molecular weight excluding hydrogens is 254 g/mol. The lowest BCUT2D eigenvalue weighted by Gasteiger charge is -2.29. The molecule has 1 heterocycles. The van der Waals surface area contributed by atoms with Crippen molar-refractivity contribution in [3.05, 3.63) is 29.3 Å². The quantitative estimate of drug-likeness (QED) is 0.855. The van der Waals surface area contributed by atoms with Gasteiger partial charge in [-0.25, -0.2) is 0 Å². The number of aryl methyl sites for hydroxylation is 1. The fraction of sp³-hybridized carbons (Fsp3) is 0.533. The van der Waals surface area contributed by atoms with Gasteiger partial charge in [0.2, 0.25) is 0 Å². The first-order valence-corrected chi connectivity index (χ1v) is 7.22. The van der Waals surface area contributed by atoms with Crippen LogP contribution in [-0.2, 0) is 0 Å². The summed E-state index contributed by atoms with van der Waals surface area (Å²) in [7, 11) is 4.34. The molecule has 1 saturated heterocycles. The molecular formula is C15H23N3S. The molecule has 0 aromatic heterocycles. The van der Waals surface area contributed by atoms with E-state index in [1.807, 2.05) is 12.1 Å². The number of para-hydroxylation sites is 1. The van der Waals surface area contributed by atoms with Crippen LogP contribution in [0.1, 0.15) is 24.0 Å². The minimum Gasteiger partial charge on any atom is -0.389 e. The van der Waals surface area contributed by atoms with Crippen molar-refractivity contribution in [1.29, 1.82) is 0 Å². The second-order valence-electron chi connectivity index (χ2n) is 5.49. The van der Waals surface area contributed by atoms with E-state index < -0.39 is 0 Å². The maximum Gasteiger partial charge on any atom is 0.106 e. The Hall–Kier alpha value is -1.13. The minimum atomic E-state index is 0.477. The molecule has 1 aliphatic heterocycles. The van der Waals surface area contributed by atoms with Gasteiger partial charge in [-0.1, -0.05) is 24.4 Å². The fourth-order valence-electron chi connectivity index (χ4n) is 2.98. The van der Waals surface area contributed by atoms with Gasteiger partial charge in [0.1, 0.15) is 4.99 Å². The van der Waals surface area contributed by atoms with E-state index in [2.05, 4.69) is 36.9 Å².